The van der Waals surface area contributed by atoms with Gasteiger partial charge >= 0.3 is 6.18 Å². The third-order valence-electron chi connectivity index (χ3n) is 2.87. The van der Waals surface area contributed by atoms with E-state index in [1.807, 2.05) is 0 Å². The third kappa shape index (κ3) is 5.33. The van der Waals surface area contributed by atoms with Crippen molar-refractivity contribution in [1.29, 1.82) is 0 Å². The molecule has 0 bridgehead atoms. The minimum absolute atomic E-state index is 0.0565. The van der Waals surface area contributed by atoms with Crippen LogP contribution in [0, 0.1) is 0 Å². The van der Waals surface area contributed by atoms with Gasteiger partial charge in [0.05, 0.1) is 5.56 Å². The summed E-state index contributed by atoms with van der Waals surface area (Å²) >= 11 is 1.22. The minimum Gasteiger partial charge on any atom is -0.372 e. The molecule has 1 aromatic heterocycles. The first-order valence-corrected chi connectivity index (χ1v) is 7.68. The Morgan fingerprint density at radius 1 is 1.39 bits per heavy atom. The molecular formula is C15H15F3N2O2S. The maximum absolute atomic E-state index is 12.7. The minimum atomic E-state index is -4.36. The lowest BCUT2D eigenvalue weighted by atomic mass is 10.1. The average Bonchev–Trinajstić information content (AvgIpc) is 2.91. The summed E-state index contributed by atoms with van der Waals surface area (Å²) in [5.41, 5.74) is -0.138. The second-order valence-corrected chi connectivity index (χ2v) is 5.81. The van der Waals surface area contributed by atoms with E-state index in [1.54, 1.807) is 19.2 Å². The number of rotatable bonds is 6. The van der Waals surface area contributed by atoms with Crippen molar-refractivity contribution in [2.75, 3.05) is 18.5 Å². The second-order valence-electron chi connectivity index (χ2n) is 4.69. The van der Waals surface area contributed by atoms with Gasteiger partial charge in [0.25, 0.3) is 5.91 Å². The van der Waals surface area contributed by atoms with Crippen LogP contribution in [0.3, 0.4) is 0 Å². The molecule has 0 unspecified atom stereocenters. The predicted octanol–water partition coefficient (Wildman–Crippen LogP) is 3.73. The Hall–Kier alpha value is -1.93. The first kappa shape index (κ1) is 17.4. The summed E-state index contributed by atoms with van der Waals surface area (Å²) in [5.74, 6) is -0.313. The van der Waals surface area contributed by atoms with Gasteiger partial charge in [-0.15, -0.1) is 11.3 Å². The molecule has 0 saturated heterocycles. The molecule has 0 aliphatic carbocycles. The quantitative estimate of drug-likeness (QED) is 0.869. The second kappa shape index (κ2) is 7.56. The summed E-state index contributed by atoms with van der Waals surface area (Å²) in [5, 5.41) is 2.98. The SMILES string of the molecule is CCOCC(=O)Nc1ncc(Cc2cccc(C(F)(F)F)c2)s1. The number of carbonyl (C=O) groups is 1. The van der Waals surface area contributed by atoms with Crippen molar-refractivity contribution in [3.8, 4) is 0 Å². The largest absolute Gasteiger partial charge is 0.416 e. The van der Waals surface area contributed by atoms with Gasteiger partial charge in [0, 0.05) is 24.1 Å². The number of amides is 1. The van der Waals surface area contributed by atoms with Crippen LogP contribution in [0.1, 0.15) is 22.9 Å². The van der Waals surface area contributed by atoms with Crippen molar-refractivity contribution < 1.29 is 22.7 Å². The Kier molecular flexibility index (Phi) is 5.73. The van der Waals surface area contributed by atoms with Gasteiger partial charge in [0.1, 0.15) is 6.61 Å². The van der Waals surface area contributed by atoms with E-state index in [0.717, 1.165) is 17.0 Å². The average molecular weight is 344 g/mol. The van der Waals surface area contributed by atoms with Crippen molar-refractivity contribution in [3.05, 3.63) is 46.5 Å². The molecule has 0 atom stereocenters. The Labute approximate surface area is 135 Å². The van der Waals surface area contributed by atoms with Crippen LogP contribution in [-0.2, 0) is 22.1 Å². The molecular weight excluding hydrogens is 329 g/mol. The van der Waals surface area contributed by atoms with Crippen LogP contribution < -0.4 is 5.32 Å². The van der Waals surface area contributed by atoms with Crippen LogP contribution in [0.15, 0.2) is 30.5 Å². The third-order valence-corrected chi connectivity index (χ3v) is 3.78. The molecule has 0 aliphatic heterocycles. The Balaban J connectivity index is 2.00. The van der Waals surface area contributed by atoms with Crippen LogP contribution >= 0.6 is 11.3 Å². The number of thiazole rings is 1. The molecule has 4 nitrogen and oxygen atoms in total. The zero-order chi connectivity index (χ0) is 16.9. The maximum atomic E-state index is 12.7. The number of halogens is 3. The maximum Gasteiger partial charge on any atom is 0.416 e. The fraction of sp³-hybridized carbons (Fsp3) is 0.333. The van der Waals surface area contributed by atoms with Gasteiger partial charge < -0.3 is 4.74 Å². The number of aromatic nitrogens is 1. The molecule has 23 heavy (non-hydrogen) atoms. The highest BCUT2D eigenvalue weighted by molar-refractivity contribution is 7.15. The molecule has 8 heteroatoms. The number of hydrogen-bond donors (Lipinski definition) is 1. The number of nitrogens with one attached hydrogen (secondary N) is 1. The number of benzene rings is 1. The van der Waals surface area contributed by atoms with Crippen LogP contribution in [0.2, 0.25) is 0 Å². The molecule has 1 aromatic carbocycles. The smallest absolute Gasteiger partial charge is 0.372 e. The first-order chi connectivity index (χ1) is 10.9. The van der Waals surface area contributed by atoms with E-state index < -0.39 is 11.7 Å². The van der Waals surface area contributed by atoms with Crippen molar-refractivity contribution >= 4 is 22.4 Å². The summed E-state index contributed by atoms with van der Waals surface area (Å²) in [4.78, 5) is 16.3. The standard InChI is InChI=1S/C15H15F3N2O2S/c1-2-22-9-13(21)20-14-19-8-12(23-14)7-10-4-3-5-11(6-10)15(16,17)18/h3-6,8H,2,7,9H2,1H3,(H,19,20,21). The van der Waals surface area contributed by atoms with Crippen LogP contribution in [0.4, 0.5) is 18.3 Å². The summed E-state index contributed by atoms with van der Waals surface area (Å²) < 4.78 is 43.0. The Morgan fingerprint density at radius 2 is 2.17 bits per heavy atom. The lowest BCUT2D eigenvalue weighted by molar-refractivity contribution is -0.137. The van der Waals surface area contributed by atoms with Crippen molar-refractivity contribution in [3.63, 3.8) is 0 Å². The van der Waals surface area contributed by atoms with E-state index in [0.29, 0.717) is 23.7 Å². The van der Waals surface area contributed by atoms with E-state index in [-0.39, 0.29) is 12.5 Å². The van der Waals surface area contributed by atoms with E-state index in [9.17, 15) is 18.0 Å². The molecule has 1 heterocycles. The normalized spacial score (nSPS) is 11.5. The van der Waals surface area contributed by atoms with Crippen LogP contribution in [0.5, 0.6) is 0 Å². The molecule has 124 valence electrons. The van der Waals surface area contributed by atoms with Crippen molar-refractivity contribution in [2.45, 2.75) is 19.5 Å². The van der Waals surface area contributed by atoms with Gasteiger partial charge in [-0.1, -0.05) is 18.2 Å². The van der Waals surface area contributed by atoms with Gasteiger partial charge in [0.15, 0.2) is 5.13 Å². The number of hydrogen-bond acceptors (Lipinski definition) is 4. The molecule has 1 amide bonds. The first-order valence-electron chi connectivity index (χ1n) is 6.87. The molecule has 2 rings (SSSR count). The molecule has 0 aliphatic rings. The van der Waals surface area contributed by atoms with E-state index in [4.69, 9.17) is 4.74 Å². The molecule has 0 saturated carbocycles. The zero-order valence-corrected chi connectivity index (χ0v) is 13.1. The highest BCUT2D eigenvalue weighted by Gasteiger charge is 2.30. The van der Waals surface area contributed by atoms with E-state index in [2.05, 4.69) is 10.3 Å². The van der Waals surface area contributed by atoms with Gasteiger partial charge in [-0.2, -0.15) is 13.2 Å². The van der Waals surface area contributed by atoms with Gasteiger partial charge in [-0.25, -0.2) is 4.98 Å². The lowest BCUT2D eigenvalue weighted by Crippen LogP contribution is -2.17. The summed E-state index contributed by atoms with van der Waals surface area (Å²) in [6, 6.07) is 5.16. The Bertz CT molecular complexity index is 671. The predicted molar refractivity (Wildman–Crippen MR) is 81.5 cm³/mol. The zero-order valence-electron chi connectivity index (χ0n) is 12.3. The number of alkyl halides is 3. The molecule has 0 radical (unpaired) electrons. The summed E-state index contributed by atoms with van der Waals surface area (Å²) in [6.07, 6.45) is -2.49. The van der Waals surface area contributed by atoms with Gasteiger partial charge in [-0.05, 0) is 18.6 Å². The molecule has 0 spiro atoms. The topological polar surface area (TPSA) is 51.2 Å². The number of ether oxygens (including phenoxy) is 1. The fourth-order valence-corrected chi connectivity index (χ4v) is 2.72. The number of carbonyl (C=O) groups excluding carboxylic acids is 1. The van der Waals surface area contributed by atoms with Crippen LogP contribution in [-0.4, -0.2) is 24.1 Å². The van der Waals surface area contributed by atoms with Crippen LogP contribution in [0.25, 0.3) is 0 Å². The Morgan fingerprint density at radius 3 is 2.87 bits per heavy atom. The van der Waals surface area contributed by atoms with Gasteiger partial charge in [0.2, 0.25) is 0 Å². The van der Waals surface area contributed by atoms with Gasteiger partial charge in [-0.3, -0.25) is 10.1 Å². The monoisotopic (exact) mass is 344 g/mol. The van der Waals surface area contributed by atoms with E-state index in [1.165, 1.54) is 17.4 Å². The number of nitrogens with zero attached hydrogens (tertiary/aromatic N) is 1. The van der Waals surface area contributed by atoms with E-state index >= 15 is 0 Å². The lowest BCUT2D eigenvalue weighted by Gasteiger charge is -2.07. The molecule has 0 fully saturated rings. The summed E-state index contributed by atoms with van der Waals surface area (Å²) in [6.45, 7) is 2.16. The van der Waals surface area contributed by atoms with Crippen molar-refractivity contribution in [2.24, 2.45) is 0 Å². The highest BCUT2D eigenvalue weighted by atomic mass is 32.1. The highest BCUT2D eigenvalue weighted by Crippen LogP contribution is 2.30. The molecule has 1 N–H and O–H groups in total. The number of anilines is 1. The molecule has 2 aromatic rings. The summed E-state index contributed by atoms with van der Waals surface area (Å²) in [7, 11) is 0. The van der Waals surface area contributed by atoms with Crippen molar-refractivity contribution in [1.82, 2.24) is 4.98 Å². The fourth-order valence-electron chi connectivity index (χ4n) is 1.86.